The zero-order valence-electron chi connectivity index (χ0n) is 8.72. The minimum atomic E-state index is -0.431. The van der Waals surface area contributed by atoms with Crippen LogP contribution in [-0.2, 0) is 9.62 Å². The first-order chi connectivity index (χ1) is 7.74. The van der Waals surface area contributed by atoms with E-state index in [2.05, 4.69) is 19.5 Å². The molecule has 0 aliphatic carbocycles. The van der Waals surface area contributed by atoms with E-state index in [1.54, 1.807) is 18.2 Å². The first-order valence-electron chi connectivity index (χ1n) is 4.44. The Morgan fingerprint density at radius 1 is 1.38 bits per heavy atom. The van der Waals surface area contributed by atoms with Gasteiger partial charge in [-0.25, -0.2) is 4.79 Å². The minimum absolute atomic E-state index is 0.0143. The summed E-state index contributed by atoms with van der Waals surface area (Å²) in [5.41, 5.74) is 1.39. The molecule has 2 aromatic rings. The minimum Gasteiger partial charge on any atom is -0.465 e. The molecule has 16 heavy (non-hydrogen) atoms. The number of esters is 1. The SMILES string of the molecule is COOc1nc2cc(C(=O)OC)ccc2o1. The Balaban J connectivity index is 2.41. The number of hydrogen-bond donors (Lipinski definition) is 0. The number of oxazole rings is 1. The number of fused-ring (bicyclic) bond motifs is 1. The smallest absolute Gasteiger partial charge is 0.427 e. The lowest BCUT2D eigenvalue weighted by Gasteiger charge is -1.96. The van der Waals surface area contributed by atoms with Gasteiger partial charge in [-0.3, -0.25) is 4.89 Å². The molecule has 6 heteroatoms. The highest BCUT2D eigenvalue weighted by molar-refractivity contribution is 5.93. The van der Waals surface area contributed by atoms with Crippen LogP contribution in [-0.4, -0.2) is 25.2 Å². The van der Waals surface area contributed by atoms with E-state index >= 15 is 0 Å². The number of methoxy groups -OCH3 is 1. The molecule has 0 aliphatic rings. The molecule has 0 spiro atoms. The number of carbonyl (C=O) groups excluding carboxylic acids is 1. The van der Waals surface area contributed by atoms with E-state index in [4.69, 9.17) is 4.42 Å². The summed E-state index contributed by atoms with van der Waals surface area (Å²) in [5, 5.41) is 0. The molecule has 2 rings (SSSR count). The molecule has 1 aromatic heterocycles. The van der Waals surface area contributed by atoms with Gasteiger partial charge >= 0.3 is 12.0 Å². The summed E-state index contributed by atoms with van der Waals surface area (Å²) in [6.45, 7) is 0. The number of aromatic nitrogens is 1. The van der Waals surface area contributed by atoms with E-state index in [0.717, 1.165) is 0 Å². The van der Waals surface area contributed by atoms with Crippen LogP contribution in [0.25, 0.3) is 11.1 Å². The van der Waals surface area contributed by atoms with E-state index in [9.17, 15) is 4.79 Å². The van der Waals surface area contributed by atoms with Gasteiger partial charge in [-0.05, 0) is 18.2 Å². The molecule has 0 N–H and O–H groups in total. The third-order valence-electron chi connectivity index (χ3n) is 1.94. The number of benzene rings is 1. The van der Waals surface area contributed by atoms with Gasteiger partial charge in [-0.2, -0.15) is 9.87 Å². The second kappa shape index (κ2) is 4.19. The number of ether oxygens (including phenoxy) is 1. The molecule has 1 heterocycles. The van der Waals surface area contributed by atoms with Crippen LogP contribution in [0.3, 0.4) is 0 Å². The molecule has 84 valence electrons. The number of nitrogens with zero attached hydrogens (tertiary/aromatic N) is 1. The summed E-state index contributed by atoms with van der Waals surface area (Å²) in [5.74, 6) is -0.431. The van der Waals surface area contributed by atoms with Crippen molar-refractivity contribution in [1.29, 1.82) is 0 Å². The average Bonchev–Trinajstić information content (AvgIpc) is 2.69. The molecule has 1 aromatic carbocycles. The monoisotopic (exact) mass is 223 g/mol. The molecule has 0 aliphatic heterocycles. The van der Waals surface area contributed by atoms with Gasteiger partial charge in [-0.15, -0.1) is 0 Å². The maximum Gasteiger partial charge on any atom is 0.427 e. The standard InChI is InChI=1S/C10H9NO5/c1-13-9(12)6-3-4-8-7(5-6)11-10(15-8)16-14-2/h3-5H,1-2H3. The van der Waals surface area contributed by atoms with Crippen LogP contribution in [0.1, 0.15) is 10.4 Å². The Morgan fingerprint density at radius 3 is 2.88 bits per heavy atom. The summed E-state index contributed by atoms with van der Waals surface area (Å²) in [6, 6.07) is 4.74. The van der Waals surface area contributed by atoms with E-state index in [0.29, 0.717) is 16.7 Å². The maximum atomic E-state index is 11.3. The lowest BCUT2D eigenvalue weighted by molar-refractivity contribution is -0.195. The van der Waals surface area contributed by atoms with Gasteiger partial charge < -0.3 is 9.15 Å². The molecule has 6 nitrogen and oxygen atoms in total. The normalized spacial score (nSPS) is 10.4. The molecule has 0 saturated heterocycles. The number of carbonyl (C=O) groups is 1. The van der Waals surface area contributed by atoms with Crippen molar-refractivity contribution in [3.05, 3.63) is 23.8 Å². The highest BCUT2D eigenvalue weighted by Gasteiger charge is 2.11. The quantitative estimate of drug-likeness (QED) is 0.446. The average molecular weight is 223 g/mol. The van der Waals surface area contributed by atoms with E-state index < -0.39 is 5.97 Å². The van der Waals surface area contributed by atoms with Crippen LogP contribution in [0.4, 0.5) is 0 Å². The molecule has 0 atom stereocenters. The van der Waals surface area contributed by atoms with Crippen molar-refractivity contribution in [3.8, 4) is 6.08 Å². The van der Waals surface area contributed by atoms with Crippen molar-refractivity contribution in [1.82, 2.24) is 4.98 Å². The predicted molar refractivity (Wildman–Crippen MR) is 53.0 cm³/mol. The first-order valence-corrected chi connectivity index (χ1v) is 4.44. The first kappa shape index (κ1) is 10.4. The summed E-state index contributed by atoms with van der Waals surface area (Å²) < 4.78 is 9.75. The van der Waals surface area contributed by atoms with Gasteiger partial charge in [0.05, 0.1) is 19.8 Å². The summed E-state index contributed by atoms with van der Waals surface area (Å²) >= 11 is 0. The van der Waals surface area contributed by atoms with Crippen molar-refractivity contribution in [2.75, 3.05) is 14.2 Å². The zero-order valence-corrected chi connectivity index (χ0v) is 8.72. The lowest BCUT2D eigenvalue weighted by Crippen LogP contribution is -2.00. The molecule has 0 saturated carbocycles. The van der Waals surface area contributed by atoms with Gasteiger partial charge in [0, 0.05) is 0 Å². The fourth-order valence-electron chi connectivity index (χ4n) is 1.26. The molecule has 0 fully saturated rings. The lowest BCUT2D eigenvalue weighted by atomic mass is 10.2. The summed E-state index contributed by atoms with van der Waals surface area (Å²) in [4.78, 5) is 24.2. The Bertz CT molecular complexity index is 519. The summed E-state index contributed by atoms with van der Waals surface area (Å²) in [7, 11) is 2.66. The van der Waals surface area contributed by atoms with Crippen molar-refractivity contribution in [2.45, 2.75) is 0 Å². The van der Waals surface area contributed by atoms with Crippen LogP contribution < -0.4 is 4.89 Å². The highest BCUT2D eigenvalue weighted by atomic mass is 17.2. The third kappa shape index (κ3) is 1.82. The third-order valence-corrected chi connectivity index (χ3v) is 1.94. The molecule has 0 unspecified atom stereocenters. The second-order valence-corrected chi connectivity index (χ2v) is 2.90. The van der Waals surface area contributed by atoms with Crippen LogP contribution in [0.5, 0.6) is 6.08 Å². The van der Waals surface area contributed by atoms with Gasteiger partial charge in [0.15, 0.2) is 5.58 Å². The fraction of sp³-hybridized carbons (Fsp3) is 0.200. The van der Waals surface area contributed by atoms with Gasteiger partial charge in [0.2, 0.25) is 0 Å². The Labute approximate surface area is 90.7 Å². The van der Waals surface area contributed by atoms with Crippen LogP contribution in [0, 0.1) is 0 Å². The predicted octanol–water partition coefficient (Wildman–Crippen LogP) is 1.55. The molecule has 0 amide bonds. The number of hydrogen-bond acceptors (Lipinski definition) is 6. The molecular weight excluding hydrogens is 214 g/mol. The molecule has 0 bridgehead atoms. The maximum absolute atomic E-state index is 11.3. The van der Waals surface area contributed by atoms with Gasteiger partial charge in [-0.1, -0.05) is 0 Å². The zero-order chi connectivity index (χ0) is 11.5. The Hall–Kier alpha value is -2.08. The van der Waals surface area contributed by atoms with Crippen LogP contribution >= 0.6 is 0 Å². The number of rotatable bonds is 3. The van der Waals surface area contributed by atoms with E-state index in [1.165, 1.54) is 14.2 Å². The van der Waals surface area contributed by atoms with Crippen LogP contribution in [0.15, 0.2) is 22.6 Å². The van der Waals surface area contributed by atoms with Crippen molar-refractivity contribution in [3.63, 3.8) is 0 Å². The van der Waals surface area contributed by atoms with Crippen molar-refractivity contribution in [2.24, 2.45) is 0 Å². The van der Waals surface area contributed by atoms with Crippen LogP contribution in [0.2, 0.25) is 0 Å². The Kier molecular flexibility index (Phi) is 2.74. The fourth-order valence-corrected chi connectivity index (χ4v) is 1.26. The van der Waals surface area contributed by atoms with E-state index in [1.807, 2.05) is 0 Å². The van der Waals surface area contributed by atoms with Crippen molar-refractivity contribution < 1.29 is 23.7 Å². The highest BCUT2D eigenvalue weighted by Crippen LogP contribution is 2.21. The topological polar surface area (TPSA) is 70.8 Å². The largest absolute Gasteiger partial charge is 0.465 e. The van der Waals surface area contributed by atoms with Gasteiger partial charge in [0.25, 0.3) is 0 Å². The molecular formula is C10H9NO5. The van der Waals surface area contributed by atoms with E-state index in [-0.39, 0.29) is 6.08 Å². The second-order valence-electron chi connectivity index (χ2n) is 2.90. The van der Waals surface area contributed by atoms with Gasteiger partial charge in [0.1, 0.15) is 5.52 Å². The van der Waals surface area contributed by atoms with Crippen molar-refractivity contribution >= 4 is 17.1 Å². The Morgan fingerprint density at radius 2 is 2.19 bits per heavy atom. The summed E-state index contributed by atoms with van der Waals surface area (Å²) in [6.07, 6.45) is -0.0143. The molecule has 0 radical (unpaired) electrons.